The molecule has 0 saturated carbocycles. The van der Waals surface area contributed by atoms with Gasteiger partial charge in [-0.1, -0.05) is 12.1 Å². The van der Waals surface area contributed by atoms with Gasteiger partial charge in [0.2, 0.25) is 5.91 Å². The molecule has 0 spiro atoms. The number of aliphatic carboxylic acids is 1. The molecule has 1 fully saturated rings. The SMILES string of the molecule is O=C(O)CCCc1ccc(N(CCCl)CCCl)cc1.O=C1CC(O)C(=O)N1. The summed E-state index contributed by atoms with van der Waals surface area (Å²) in [6.45, 7) is 1.54. The molecular weight excluding hydrogens is 395 g/mol. The van der Waals surface area contributed by atoms with Crippen molar-refractivity contribution >= 4 is 46.7 Å². The second kappa shape index (κ2) is 12.5. The third-order valence-electron chi connectivity index (χ3n) is 3.81. The lowest BCUT2D eigenvalue weighted by molar-refractivity contribution is -0.137. The van der Waals surface area contributed by atoms with Crippen molar-refractivity contribution in [1.29, 1.82) is 0 Å². The number of anilines is 1. The Balaban J connectivity index is 0.000000377. The molecule has 0 aliphatic carbocycles. The van der Waals surface area contributed by atoms with Crippen molar-refractivity contribution < 1.29 is 24.6 Å². The van der Waals surface area contributed by atoms with Gasteiger partial charge in [-0.3, -0.25) is 19.7 Å². The summed E-state index contributed by atoms with van der Waals surface area (Å²) in [4.78, 5) is 33.0. The number of aryl methyl sites for hydroxylation is 1. The van der Waals surface area contributed by atoms with E-state index in [2.05, 4.69) is 4.90 Å². The van der Waals surface area contributed by atoms with E-state index in [1.54, 1.807) is 0 Å². The summed E-state index contributed by atoms with van der Waals surface area (Å²) in [5.74, 6) is -0.598. The van der Waals surface area contributed by atoms with E-state index in [0.717, 1.165) is 30.8 Å². The Bertz CT molecular complexity index is 619. The lowest BCUT2D eigenvalue weighted by Crippen LogP contribution is -2.27. The summed E-state index contributed by atoms with van der Waals surface area (Å²) in [7, 11) is 0. The molecule has 1 aromatic rings. The topological polar surface area (TPSA) is 107 Å². The molecule has 1 heterocycles. The van der Waals surface area contributed by atoms with Crippen LogP contribution in [-0.2, 0) is 20.8 Å². The molecule has 1 aliphatic rings. The number of carbonyl (C=O) groups is 3. The number of hydrogen-bond acceptors (Lipinski definition) is 5. The third-order valence-corrected chi connectivity index (χ3v) is 4.15. The molecular formula is C18H24Cl2N2O5. The zero-order valence-electron chi connectivity index (χ0n) is 14.9. The molecule has 1 aliphatic heterocycles. The van der Waals surface area contributed by atoms with Crippen LogP contribution in [0.3, 0.4) is 0 Å². The average Bonchev–Trinajstić information content (AvgIpc) is 2.91. The maximum absolute atomic E-state index is 10.4. The fourth-order valence-electron chi connectivity index (χ4n) is 2.43. The van der Waals surface area contributed by atoms with Crippen molar-refractivity contribution in [2.45, 2.75) is 31.8 Å². The van der Waals surface area contributed by atoms with Gasteiger partial charge in [0.1, 0.15) is 6.10 Å². The fourth-order valence-corrected chi connectivity index (χ4v) is 2.84. The van der Waals surface area contributed by atoms with Gasteiger partial charge in [0, 0.05) is 37.0 Å². The third kappa shape index (κ3) is 9.08. The van der Waals surface area contributed by atoms with E-state index >= 15 is 0 Å². The first kappa shape index (κ1) is 23.2. The van der Waals surface area contributed by atoms with Crippen LogP contribution in [0.25, 0.3) is 0 Å². The van der Waals surface area contributed by atoms with Crippen molar-refractivity contribution in [2.24, 2.45) is 0 Å². The number of rotatable bonds is 9. The van der Waals surface area contributed by atoms with Gasteiger partial charge in [-0.25, -0.2) is 0 Å². The number of carboxylic acids is 1. The molecule has 3 N–H and O–H groups in total. The molecule has 150 valence electrons. The van der Waals surface area contributed by atoms with E-state index in [4.69, 9.17) is 33.4 Å². The van der Waals surface area contributed by atoms with Crippen molar-refractivity contribution in [3.05, 3.63) is 29.8 Å². The number of aliphatic hydroxyl groups excluding tert-OH is 1. The van der Waals surface area contributed by atoms with Gasteiger partial charge in [-0.15, -0.1) is 23.2 Å². The summed E-state index contributed by atoms with van der Waals surface area (Å²) in [5.41, 5.74) is 2.25. The maximum Gasteiger partial charge on any atom is 0.303 e. The van der Waals surface area contributed by atoms with Gasteiger partial charge < -0.3 is 15.1 Å². The van der Waals surface area contributed by atoms with Gasteiger partial charge in [0.25, 0.3) is 5.91 Å². The molecule has 1 saturated heterocycles. The number of carboxylic acid groups (broad SMARTS) is 1. The Labute approximate surface area is 168 Å². The zero-order chi connectivity index (χ0) is 20.2. The smallest absolute Gasteiger partial charge is 0.303 e. The fraction of sp³-hybridized carbons (Fsp3) is 0.500. The van der Waals surface area contributed by atoms with Gasteiger partial charge in [-0.2, -0.15) is 0 Å². The number of alkyl halides is 2. The minimum Gasteiger partial charge on any atom is -0.481 e. The maximum atomic E-state index is 10.4. The predicted octanol–water partition coefficient (Wildman–Crippen LogP) is 1.77. The Morgan fingerprint density at radius 2 is 1.74 bits per heavy atom. The highest BCUT2D eigenvalue weighted by Crippen LogP contribution is 2.16. The number of nitrogens with one attached hydrogen (secondary N) is 1. The van der Waals surface area contributed by atoms with Crippen molar-refractivity contribution in [3.8, 4) is 0 Å². The first-order chi connectivity index (χ1) is 12.9. The molecule has 1 unspecified atom stereocenters. The second-order valence-electron chi connectivity index (χ2n) is 5.91. The van der Waals surface area contributed by atoms with Crippen molar-refractivity contribution in [1.82, 2.24) is 5.32 Å². The number of aliphatic hydroxyl groups is 1. The van der Waals surface area contributed by atoms with Gasteiger partial charge in [0.15, 0.2) is 0 Å². The number of halogens is 2. The molecule has 0 aromatic heterocycles. The Hall–Kier alpha value is -1.83. The van der Waals surface area contributed by atoms with E-state index in [1.165, 1.54) is 0 Å². The van der Waals surface area contributed by atoms with Crippen molar-refractivity contribution in [2.75, 3.05) is 29.7 Å². The molecule has 1 aromatic carbocycles. The number of benzene rings is 1. The lowest BCUT2D eigenvalue weighted by atomic mass is 10.1. The normalized spacial score (nSPS) is 15.7. The van der Waals surface area contributed by atoms with Gasteiger partial charge in [-0.05, 0) is 30.5 Å². The predicted molar refractivity (Wildman–Crippen MR) is 104 cm³/mol. The number of carbonyl (C=O) groups excluding carboxylic acids is 2. The van der Waals surface area contributed by atoms with Crippen LogP contribution >= 0.6 is 23.2 Å². The van der Waals surface area contributed by atoms with E-state index in [9.17, 15) is 14.4 Å². The highest BCUT2D eigenvalue weighted by atomic mass is 35.5. The zero-order valence-corrected chi connectivity index (χ0v) is 16.4. The van der Waals surface area contributed by atoms with Crippen LogP contribution in [0.4, 0.5) is 5.69 Å². The molecule has 7 nitrogen and oxygen atoms in total. The summed E-state index contributed by atoms with van der Waals surface area (Å²) in [6.07, 6.45) is 0.479. The minimum absolute atomic E-state index is 0.0845. The Morgan fingerprint density at radius 1 is 1.15 bits per heavy atom. The van der Waals surface area contributed by atoms with Crippen LogP contribution in [0.1, 0.15) is 24.8 Å². The largest absolute Gasteiger partial charge is 0.481 e. The van der Waals surface area contributed by atoms with Crippen LogP contribution in [0.15, 0.2) is 24.3 Å². The number of amides is 2. The van der Waals surface area contributed by atoms with Crippen LogP contribution in [0.5, 0.6) is 0 Å². The van der Waals surface area contributed by atoms with Gasteiger partial charge >= 0.3 is 5.97 Å². The lowest BCUT2D eigenvalue weighted by Gasteiger charge is -2.23. The quantitative estimate of drug-likeness (QED) is 0.416. The Morgan fingerprint density at radius 3 is 2.11 bits per heavy atom. The molecule has 27 heavy (non-hydrogen) atoms. The highest BCUT2D eigenvalue weighted by molar-refractivity contribution is 6.18. The number of hydrogen-bond donors (Lipinski definition) is 3. The summed E-state index contributed by atoms with van der Waals surface area (Å²) >= 11 is 11.5. The van der Waals surface area contributed by atoms with E-state index in [0.29, 0.717) is 18.2 Å². The average molecular weight is 419 g/mol. The highest BCUT2D eigenvalue weighted by Gasteiger charge is 2.27. The molecule has 1 atom stereocenters. The molecule has 0 bridgehead atoms. The van der Waals surface area contributed by atoms with Crippen molar-refractivity contribution in [3.63, 3.8) is 0 Å². The monoisotopic (exact) mass is 418 g/mol. The number of imide groups is 1. The molecule has 0 radical (unpaired) electrons. The molecule has 2 amide bonds. The van der Waals surface area contributed by atoms with Gasteiger partial charge in [0.05, 0.1) is 6.42 Å². The summed E-state index contributed by atoms with van der Waals surface area (Å²) < 4.78 is 0. The number of nitrogens with zero attached hydrogens (tertiary/aromatic N) is 1. The first-order valence-electron chi connectivity index (χ1n) is 8.56. The van der Waals surface area contributed by atoms with E-state index in [-0.39, 0.29) is 12.8 Å². The molecule has 9 heteroatoms. The van der Waals surface area contributed by atoms with E-state index < -0.39 is 23.9 Å². The summed E-state index contributed by atoms with van der Waals surface area (Å²) in [5, 5.41) is 19.1. The van der Waals surface area contributed by atoms with Crippen LogP contribution in [0.2, 0.25) is 0 Å². The first-order valence-corrected chi connectivity index (χ1v) is 9.63. The minimum atomic E-state index is -1.11. The second-order valence-corrected chi connectivity index (χ2v) is 6.67. The standard InChI is InChI=1S/C14H19Cl2NO2.C4H5NO3/c15-8-10-17(11-9-16)13-6-4-12(5-7-13)2-1-3-14(18)19;6-2-1-3(7)5-4(2)8/h4-7H,1-3,8-11H2,(H,18,19);2,6H,1H2,(H,5,7,8). The van der Waals surface area contributed by atoms with Crippen LogP contribution in [-0.4, -0.2) is 59.0 Å². The summed E-state index contributed by atoms with van der Waals surface area (Å²) in [6, 6.07) is 8.14. The Kier molecular flexibility index (Phi) is 10.8. The van der Waals surface area contributed by atoms with Crippen LogP contribution in [0, 0.1) is 0 Å². The van der Waals surface area contributed by atoms with E-state index in [1.807, 2.05) is 29.6 Å². The van der Waals surface area contributed by atoms with Crippen LogP contribution < -0.4 is 10.2 Å². The molecule has 2 rings (SSSR count).